The van der Waals surface area contributed by atoms with Crippen LogP contribution in [0.15, 0.2) is 0 Å². The number of hydrogen-bond acceptors (Lipinski definition) is 3. The minimum atomic E-state index is -3.28. The maximum atomic E-state index is 11.1. The van der Waals surface area contributed by atoms with E-state index < -0.39 is 10.0 Å². The van der Waals surface area contributed by atoms with Gasteiger partial charge in [0.1, 0.15) is 0 Å². The molecule has 0 heterocycles. The van der Waals surface area contributed by atoms with Gasteiger partial charge in [-0.05, 0) is 12.8 Å². The fourth-order valence-electron chi connectivity index (χ4n) is 0.598. The van der Waals surface area contributed by atoms with Crippen LogP contribution in [0.5, 0.6) is 0 Å². The van der Waals surface area contributed by atoms with Gasteiger partial charge in [-0.2, -0.15) is 0 Å². The van der Waals surface area contributed by atoms with Gasteiger partial charge in [-0.1, -0.05) is 13.8 Å². The number of nitrogens with one attached hydrogen (secondary N) is 1. The molecule has 0 aliphatic rings. The van der Waals surface area contributed by atoms with Gasteiger partial charge < -0.3 is 5.11 Å². The van der Waals surface area contributed by atoms with Crippen molar-refractivity contribution < 1.29 is 13.5 Å². The van der Waals surface area contributed by atoms with Crippen LogP contribution < -0.4 is 4.72 Å². The monoisotopic (exact) mass is 195 g/mol. The van der Waals surface area contributed by atoms with Crippen molar-refractivity contribution in [2.45, 2.75) is 26.8 Å². The van der Waals surface area contributed by atoms with Crippen molar-refractivity contribution in [3.05, 3.63) is 0 Å². The molecule has 0 radical (unpaired) electrons. The third-order valence-electron chi connectivity index (χ3n) is 1.73. The van der Waals surface area contributed by atoms with Gasteiger partial charge in [0.15, 0.2) is 0 Å². The lowest BCUT2D eigenvalue weighted by Gasteiger charge is -2.16. The van der Waals surface area contributed by atoms with Gasteiger partial charge in [0.2, 0.25) is 10.0 Å². The summed E-state index contributed by atoms with van der Waals surface area (Å²) < 4.78 is 24.6. The van der Waals surface area contributed by atoms with Crippen LogP contribution in [0.3, 0.4) is 0 Å². The molecule has 0 rings (SSSR count). The zero-order chi connectivity index (χ0) is 9.78. The Bertz CT molecular complexity index is 211. The van der Waals surface area contributed by atoms with E-state index in [9.17, 15) is 8.42 Å². The van der Waals surface area contributed by atoms with Crippen molar-refractivity contribution in [3.8, 4) is 0 Å². The molecule has 4 nitrogen and oxygen atoms in total. The lowest BCUT2D eigenvalue weighted by atomic mass is 10.1. The summed E-state index contributed by atoms with van der Waals surface area (Å²) in [5.41, 5.74) is 0. The molecule has 0 spiro atoms. The third-order valence-corrected chi connectivity index (χ3v) is 3.18. The van der Waals surface area contributed by atoms with Crippen LogP contribution in [0.1, 0.15) is 20.8 Å². The molecule has 2 N–H and O–H groups in total. The van der Waals surface area contributed by atoms with E-state index in [4.69, 9.17) is 5.11 Å². The lowest BCUT2D eigenvalue weighted by Crippen LogP contribution is -2.38. The Balaban J connectivity index is 4.07. The molecule has 74 valence electrons. The van der Waals surface area contributed by atoms with Crippen molar-refractivity contribution in [2.24, 2.45) is 5.92 Å². The first-order valence-corrected chi connectivity index (χ1v) is 5.65. The minimum Gasteiger partial charge on any atom is -0.395 e. The largest absolute Gasteiger partial charge is 0.395 e. The summed E-state index contributed by atoms with van der Waals surface area (Å²) in [6.45, 7) is 5.35. The molecule has 0 aliphatic carbocycles. The summed E-state index contributed by atoms with van der Waals surface area (Å²) in [7, 11) is -3.28. The fourth-order valence-corrected chi connectivity index (χ4v) is 1.80. The highest BCUT2D eigenvalue weighted by Crippen LogP contribution is 2.01. The van der Waals surface area contributed by atoms with E-state index in [2.05, 4.69) is 4.72 Å². The second kappa shape index (κ2) is 4.79. The molecule has 0 amide bonds. The van der Waals surface area contributed by atoms with Gasteiger partial charge in [-0.25, -0.2) is 13.1 Å². The molecule has 0 saturated carbocycles. The topological polar surface area (TPSA) is 66.4 Å². The van der Waals surface area contributed by atoms with E-state index in [1.807, 2.05) is 13.8 Å². The summed E-state index contributed by atoms with van der Waals surface area (Å²) >= 11 is 0. The standard InChI is InChI=1S/C7H17NO3S/c1-6(2)7(3)8-12(10,11)5-4-9/h6-9H,4-5H2,1-3H3. The van der Waals surface area contributed by atoms with Crippen molar-refractivity contribution >= 4 is 10.0 Å². The summed E-state index contributed by atoms with van der Waals surface area (Å²) in [6, 6.07) is -0.0819. The molecular weight excluding hydrogens is 178 g/mol. The highest BCUT2D eigenvalue weighted by molar-refractivity contribution is 7.89. The number of aliphatic hydroxyl groups is 1. The number of hydrogen-bond donors (Lipinski definition) is 2. The van der Waals surface area contributed by atoms with E-state index in [0.717, 1.165) is 0 Å². The molecule has 0 aromatic heterocycles. The van der Waals surface area contributed by atoms with Gasteiger partial charge in [0, 0.05) is 6.04 Å². The summed E-state index contributed by atoms with van der Waals surface area (Å²) in [5, 5.41) is 8.43. The van der Waals surface area contributed by atoms with Gasteiger partial charge in [-0.15, -0.1) is 0 Å². The van der Waals surface area contributed by atoms with Crippen molar-refractivity contribution in [1.29, 1.82) is 0 Å². The molecule has 12 heavy (non-hydrogen) atoms. The molecular formula is C7H17NO3S. The van der Waals surface area contributed by atoms with Gasteiger partial charge in [0.25, 0.3) is 0 Å². The smallest absolute Gasteiger partial charge is 0.214 e. The highest BCUT2D eigenvalue weighted by atomic mass is 32.2. The van der Waals surface area contributed by atoms with Crippen LogP contribution in [0.25, 0.3) is 0 Å². The van der Waals surface area contributed by atoms with Crippen LogP contribution in [-0.4, -0.2) is 31.9 Å². The van der Waals surface area contributed by atoms with Crippen molar-refractivity contribution in [3.63, 3.8) is 0 Å². The van der Waals surface area contributed by atoms with Gasteiger partial charge >= 0.3 is 0 Å². The molecule has 0 bridgehead atoms. The van der Waals surface area contributed by atoms with Crippen LogP contribution in [-0.2, 0) is 10.0 Å². The minimum absolute atomic E-state index is 0.0819. The maximum Gasteiger partial charge on any atom is 0.214 e. The van der Waals surface area contributed by atoms with Crippen LogP contribution in [0, 0.1) is 5.92 Å². The van der Waals surface area contributed by atoms with E-state index in [0.29, 0.717) is 0 Å². The summed E-state index contributed by atoms with van der Waals surface area (Å²) in [6.07, 6.45) is 0. The molecule has 0 fully saturated rings. The molecule has 0 aromatic rings. The van der Waals surface area contributed by atoms with Gasteiger partial charge in [-0.3, -0.25) is 0 Å². The second-order valence-corrected chi connectivity index (χ2v) is 5.07. The molecule has 0 aromatic carbocycles. The molecule has 5 heteroatoms. The van der Waals surface area contributed by atoms with Crippen molar-refractivity contribution in [2.75, 3.05) is 12.4 Å². The predicted octanol–water partition coefficient (Wildman–Crippen LogP) is -0.0574. The average Bonchev–Trinajstić information content (AvgIpc) is 1.85. The molecule has 1 atom stereocenters. The number of aliphatic hydroxyl groups excluding tert-OH is 1. The summed E-state index contributed by atoms with van der Waals surface area (Å²) in [4.78, 5) is 0. The van der Waals surface area contributed by atoms with Gasteiger partial charge in [0.05, 0.1) is 12.4 Å². The Kier molecular flexibility index (Phi) is 4.74. The Morgan fingerprint density at radius 3 is 2.17 bits per heavy atom. The second-order valence-electron chi connectivity index (χ2n) is 3.19. The first kappa shape index (κ1) is 11.9. The Morgan fingerprint density at radius 1 is 1.33 bits per heavy atom. The summed E-state index contributed by atoms with van der Waals surface area (Å²) in [5.74, 6) is 0.0443. The zero-order valence-corrected chi connectivity index (χ0v) is 8.56. The molecule has 0 aliphatic heterocycles. The highest BCUT2D eigenvalue weighted by Gasteiger charge is 2.15. The fraction of sp³-hybridized carbons (Fsp3) is 1.00. The average molecular weight is 195 g/mol. The van der Waals surface area contributed by atoms with Crippen LogP contribution in [0.4, 0.5) is 0 Å². The third kappa shape index (κ3) is 4.69. The molecule has 0 saturated heterocycles. The SMILES string of the molecule is CC(C)C(C)NS(=O)(=O)CCO. The van der Waals surface area contributed by atoms with Crippen molar-refractivity contribution in [1.82, 2.24) is 4.72 Å². The normalized spacial score (nSPS) is 15.1. The first-order valence-electron chi connectivity index (χ1n) is 4.00. The quantitative estimate of drug-likeness (QED) is 0.646. The Morgan fingerprint density at radius 2 is 1.83 bits per heavy atom. The van der Waals surface area contributed by atoms with Crippen LogP contribution >= 0.6 is 0 Å². The number of rotatable bonds is 5. The molecule has 1 unspecified atom stereocenters. The number of sulfonamides is 1. The Hall–Kier alpha value is -0.130. The van der Waals surface area contributed by atoms with E-state index in [-0.39, 0.29) is 24.3 Å². The maximum absolute atomic E-state index is 11.1. The van der Waals surface area contributed by atoms with E-state index >= 15 is 0 Å². The van der Waals surface area contributed by atoms with Crippen LogP contribution in [0.2, 0.25) is 0 Å². The zero-order valence-electron chi connectivity index (χ0n) is 7.74. The van der Waals surface area contributed by atoms with E-state index in [1.54, 1.807) is 6.92 Å². The first-order chi connectivity index (χ1) is 5.39. The van der Waals surface area contributed by atoms with E-state index in [1.165, 1.54) is 0 Å². The predicted molar refractivity (Wildman–Crippen MR) is 48.3 cm³/mol. The Labute approximate surface area is 74.0 Å². The lowest BCUT2D eigenvalue weighted by molar-refractivity contribution is 0.318.